The van der Waals surface area contributed by atoms with Crippen molar-refractivity contribution in [2.45, 2.75) is 70.6 Å². The minimum atomic E-state index is 0.142. The molecule has 0 radical (unpaired) electrons. The molecule has 1 saturated carbocycles. The molecule has 1 aromatic carbocycles. The number of nitrogens with one attached hydrogen (secondary N) is 1. The first-order valence-electron chi connectivity index (χ1n) is 10.1. The maximum Gasteiger partial charge on any atom is 0.230 e. The molecule has 1 heterocycles. The van der Waals surface area contributed by atoms with Gasteiger partial charge in [-0.15, -0.1) is 11.8 Å². The SMILES string of the molecule is CCc1ccc(-c2nc(CSCC(=O)NC3CCCCCC3)c(C)o2)cc1. The maximum atomic E-state index is 12.2. The van der Waals surface area contributed by atoms with Crippen molar-refractivity contribution >= 4 is 17.7 Å². The van der Waals surface area contributed by atoms with E-state index in [1.807, 2.05) is 6.92 Å². The van der Waals surface area contributed by atoms with E-state index in [0.717, 1.165) is 36.3 Å². The summed E-state index contributed by atoms with van der Waals surface area (Å²) in [6.45, 7) is 4.09. The van der Waals surface area contributed by atoms with Crippen LogP contribution in [0.15, 0.2) is 28.7 Å². The number of carbonyl (C=O) groups excluding carboxylic acids is 1. The molecular formula is C22H30N2O2S. The number of carbonyl (C=O) groups is 1. The van der Waals surface area contributed by atoms with Crippen molar-refractivity contribution in [1.29, 1.82) is 0 Å². The number of oxazole rings is 1. The van der Waals surface area contributed by atoms with Crippen LogP contribution in [0.4, 0.5) is 0 Å². The normalized spacial score (nSPS) is 15.5. The lowest BCUT2D eigenvalue weighted by molar-refractivity contribution is -0.119. The van der Waals surface area contributed by atoms with Crippen LogP contribution in [0.1, 0.15) is 62.5 Å². The highest BCUT2D eigenvalue weighted by Crippen LogP contribution is 2.25. The molecule has 146 valence electrons. The number of rotatable bonds is 7. The lowest BCUT2D eigenvalue weighted by atomic mass is 10.1. The van der Waals surface area contributed by atoms with Gasteiger partial charge in [0.2, 0.25) is 11.8 Å². The largest absolute Gasteiger partial charge is 0.441 e. The van der Waals surface area contributed by atoms with Gasteiger partial charge in [0.05, 0.1) is 11.4 Å². The van der Waals surface area contributed by atoms with Crippen LogP contribution in [-0.4, -0.2) is 22.7 Å². The number of hydrogen-bond acceptors (Lipinski definition) is 4. The van der Waals surface area contributed by atoms with Crippen molar-refractivity contribution < 1.29 is 9.21 Å². The Labute approximate surface area is 166 Å². The molecule has 2 aromatic rings. The Kier molecular flexibility index (Phi) is 7.39. The number of nitrogens with zero attached hydrogens (tertiary/aromatic N) is 1. The lowest BCUT2D eigenvalue weighted by Gasteiger charge is -2.15. The smallest absolute Gasteiger partial charge is 0.230 e. The zero-order chi connectivity index (χ0) is 19.1. The first-order valence-corrected chi connectivity index (χ1v) is 11.2. The van der Waals surface area contributed by atoms with E-state index < -0.39 is 0 Å². The van der Waals surface area contributed by atoms with Crippen LogP contribution in [0.25, 0.3) is 11.5 Å². The first-order chi connectivity index (χ1) is 13.2. The lowest BCUT2D eigenvalue weighted by Crippen LogP contribution is -2.35. The Hall–Kier alpha value is -1.75. The number of amides is 1. The van der Waals surface area contributed by atoms with Gasteiger partial charge in [0.15, 0.2) is 0 Å². The highest BCUT2D eigenvalue weighted by molar-refractivity contribution is 7.99. The van der Waals surface area contributed by atoms with Gasteiger partial charge in [0.25, 0.3) is 0 Å². The molecule has 1 aliphatic carbocycles. The average Bonchev–Trinajstić information content (AvgIpc) is 2.87. The van der Waals surface area contributed by atoms with Crippen molar-refractivity contribution in [2.75, 3.05) is 5.75 Å². The molecule has 1 amide bonds. The monoisotopic (exact) mass is 386 g/mol. The fourth-order valence-corrected chi connectivity index (χ4v) is 4.33. The fraction of sp³-hybridized carbons (Fsp3) is 0.545. The third-order valence-corrected chi connectivity index (χ3v) is 6.14. The van der Waals surface area contributed by atoms with Gasteiger partial charge in [-0.25, -0.2) is 4.98 Å². The Morgan fingerprint density at radius 1 is 1.19 bits per heavy atom. The van der Waals surface area contributed by atoms with Gasteiger partial charge in [0, 0.05) is 17.4 Å². The number of aryl methyl sites for hydroxylation is 2. The van der Waals surface area contributed by atoms with Crippen molar-refractivity contribution in [3.05, 3.63) is 41.3 Å². The Morgan fingerprint density at radius 2 is 1.89 bits per heavy atom. The molecule has 0 atom stereocenters. The molecule has 1 fully saturated rings. The zero-order valence-electron chi connectivity index (χ0n) is 16.4. The second-order valence-electron chi connectivity index (χ2n) is 7.32. The van der Waals surface area contributed by atoms with E-state index in [-0.39, 0.29) is 5.91 Å². The van der Waals surface area contributed by atoms with Gasteiger partial charge < -0.3 is 9.73 Å². The van der Waals surface area contributed by atoms with Crippen LogP contribution in [0, 0.1) is 6.92 Å². The van der Waals surface area contributed by atoms with E-state index in [2.05, 4.69) is 41.5 Å². The molecule has 3 rings (SSSR count). The molecule has 1 N–H and O–H groups in total. The quantitative estimate of drug-likeness (QED) is 0.657. The van der Waals surface area contributed by atoms with Crippen LogP contribution in [0.5, 0.6) is 0 Å². The summed E-state index contributed by atoms with van der Waals surface area (Å²) in [6.07, 6.45) is 8.34. The molecule has 4 nitrogen and oxygen atoms in total. The molecular weight excluding hydrogens is 356 g/mol. The predicted octanol–water partition coefficient (Wildman–Crippen LogP) is 5.28. The summed E-state index contributed by atoms with van der Waals surface area (Å²) in [7, 11) is 0. The van der Waals surface area contributed by atoms with Crippen LogP contribution in [0.2, 0.25) is 0 Å². The molecule has 5 heteroatoms. The molecule has 27 heavy (non-hydrogen) atoms. The van der Waals surface area contributed by atoms with Crippen LogP contribution >= 0.6 is 11.8 Å². The highest BCUT2D eigenvalue weighted by atomic mass is 32.2. The van der Waals surface area contributed by atoms with E-state index in [4.69, 9.17) is 4.42 Å². The van der Waals surface area contributed by atoms with Crippen molar-refractivity contribution in [3.8, 4) is 11.5 Å². The van der Waals surface area contributed by atoms with E-state index in [1.165, 1.54) is 31.2 Å². The number of hydrogen-bond donors (Lipinski definition) is 1. The summed E-state index contributed by atoms with van der Waals surface area (Å²) in [5, 5.41) is 3.20. The zero-order valence-corrected chi connectivity index (χ0v) is 17.2. The number of benzene rings is 1. The summed E-state index contributed by atoms with van der Waals surface area (Å²) < 4.78 is 5.84. The molecule has 1 aliphatic rings. The average molecular weight is 387 g/mol. The van der Waals surface area contributed by atoms with Crippen LogP contribution in [0.3, 0.4) is 0 Å². The van der Waals surface area contributed by atoms with E-state index in [0.29, 0.717) is 23.4 Å². The second-order valence-corrected chi connectivity index (χ2v) is 8.31. The Balaban J connectivity index is 1.49. The van der Waals surface area contributed by atoms with Gasteiger partial charge in [-0.1, -0.05) is 44.7 Å². The molecule has 0 unspecified atom stereocenters. The van der Waals surface area contributed by atoms with Gasteiger partial charge in [-0.3, -0.25) is 4.79 Å². The Morgan fingerprint density at radius 3 is 2.56 bits per heavy atom. The van der Waals surface area contributed by atoms with Crippen LogP contribution in [-0.2, 0) is 17.0 Å². The van der Waals surface area contributed by atoms with E-state index in [1.54, 1.807) is 11.8 Å². The third kappa shape index (κ3) is 5.86. The van der Waals surface area contributed by atoms with E-state index >= 15 is 0 Å². The molecule has 0 saturated heterocycles. The van der Waals surface area contributed by atoms with Crippen molar-refractivity contribution in [2.24, 2.45) is 0 Å². The summed E-state index contributed by atoms with van der Waals surface area (Å²) in [5.74, 6) is 2.81. The van der Waals surface area contributed by atoms with Crippen LogP contribution < -0.4 is 5.32 Å². The minimum Gasteiger partial charge on any atom is -0.441 e. The minimum absolute atomic E-state index is 0.142. The Bertz CT molecular complexity index is 731. The van der Waals surface area contributed by atoms with Gasteiger partial charge in [-0.05, 0) is 43.9 Å². The molecule has 0 spiro atoms. The summed E-state index contributed by atoms with van der Waals surface area (Å²) in [5.41, 5.74) is 3.23. The maximum absolute atomic E-state index is 12.2. The fourth-order valence-electron chi connectivity index (χ4n) is 3.50. The van der Waals surface area contributed by atoms with Crippen molar-refractivity contribution in [1.82, 2.24) is 10.3 Å². The molecule has 1 aromatic heterocycles. The second kappa shape index (κ2) is 9.98. The topological polar surface area (TPSA) is 55.1 Å². The summed E-state index contributed by atoms with van der Waals surface area (Å²) in [4.78, 5) is 16.9. The molecule has 0 bridgehead atoms. The first kappa shape index (κ1) is 20.0. The van der Waals surface area contributed by atoms with Crippen molar-refractivity contribution in [3.63, 3.8) is 0 Å². The highest BCUT2D eigenvalue weighted by Gasteiger charge is 2.16. The number of thioether (sulfide) groups is 1. The summed E-state index contributed by atoms with van der Waals surface area (Å²) >= 11 is 1.60. The standard InChI is InChI=1S/C22H30N2O2S/c1-3-17-10-12-18(13-11-17)22-24-20(16(2)26-22)14-27-15-21(25)23-19-8-6-4-5-7-9-19/h10-13,19H,3-9,14-15H2,1-2H3,(H,23,25). The predicted molar refractivity (Wildman–Crippen MR) is 112 cm³/mol. The summed E-state index contributed by atoms with van der Waals surface area (Å²) in [6, 6.07) is 8.71. The van der Waals surface area contributed by atoms with Gasteiger partial charge in [-0.2, -0.15) is 0 Å². The number of aromatic nitrogens is 1. The third-order valence-electron chi connectivity index (χ3n) is 5.19. The van der Waals surface area contributed by atoms with Gasteiger partial charge in [0.1, 0.15) is 5.76 Å². The van der Waals surface area contributed by atoms with E-state index in [9.17, 15) is 4.79 Å². The molecule has 0 aliphatic heterocycles. The van der Waals surface area contributed by atoms with Gasteiger partial charge >= 0.3 is 0 Å².